The molecule has 0 saturated heterocycles. The van der Waals surface area contributed by atoms with Crippen LogP contribution in [0, 0.1) is 5.82 Å². The Bertz CT molecular complexity index is 759. The van der Waals surface area contributed by atoms with Crippen LogP contribution in [0.1, 0.15) is 29.0 Å². The van der Waals surface area contributed by atoms with Crippen LogP contribution in [-0.2, 0) is 6.42 Å². The quantitative estimate of drug-likeness (QED) is 0.630. The lowest BCUT2D eigenvalue weighted by Crippen LogP contribution is -1.98. The Morgan fingerprint density at radius 3 is 2.67 bits per heavy atom. The van der Waals surface area contributed by atoms with Gasteiger partial charge in [-0.1, -0.05) is 30.3 Å². The van der Waals surface area contributed by atoms with Gasteiger partial charge in [0, 0.05) is 11.8 Å². The molecular formula is C18H15FO2. The fourth-order valence-electron chi connectivity index (χ4n) is 2.37. The lowest BCUT2D eigenvalue weighted by atomic mass is 10.1. The van der Waals surface area contributed by atoms with Gasteiger partial charge in [-0.15, -0.1) is 0 Å². The molecular weight excluding hydrogens is 267 g/mol. The van der Waals surface area contributed by atoms with Gasteiger partial charge < -0.3 is 4.42 Å². The molecule has 0 spiro atoms. The minimum atomic E-state index is -0.327. The van der Waals surface area contributed by atoms with E-state index in [0.717, 1.165) is 12.8 Å². The van der Waals surface area contributed by atoms with Gasteiger partial charge >= 0.3 is 0 Å². The number of carbonyl (C=O) groups is 1. The SMILES string of the molecule is O=C(CCCc1ccccc1)c1cc2cc(F)ccc2o1. The van der Waals surface area contributed by atoms with Gasteiger partial charge in [0.05, 0.1) is 0 Å². The van der Waals surface area contributed by atoms with Crippen molar-refractivity contribution in [2.24, 2.45) is 0 Å². The van der Waals surface area contributed by atoms with Crippen LogP contribution in [0.4, 0.5) is 4.39 Å². The monoisotopic (exact) mass is 282 g/mol. The second-order valence-electron chi connectivity index (χ2n) is 5.06. The summed E-state index contributed by atoms with van der Waals surface area (Å²) < 4.78 is 18.6. The molecule has 0 radical (unpaired) electrons. The number of Topliss-reactive ketones (excluding diaryl/α,β-unsaturated/α-hetero) is 1. The Morgan fingerprint density at radius 1 is 1.05 bits per heavy atom. The molecule has 0 N–H and O–H groups in total. The predicted octanol–water partition coefficient (Wildman–Crippen LogP) is 4.78. The van der Waals surface area contributed by atoms with Gasteiger partial charge in [-0.05, 0) is 42.7 Å². The first-order valence-electron chi connectivity index (χ1n) is 6.98. The van der Waals surface area contributed by atoms with Crippen LogP contribution in [0.3, 0.4) is 0 Å². The molecule has 3 heteroatoms. The van der Waals surface area contributed by atoms with Gasteiger partial charge in [-0.25, -0.2) is 4.39 Å². The maximum atomic E-state index is 13.1. The highest BCUT2D eigenvalue weighted by molar-refractivity contribution is 5.97. The summed E-state index contributed by atoms with van der Waals surface area (Å²) in [6, 6.07) is 15.9. The van der Waals surface area contributed by atoms with Crippen molar-refractivity contribution in [3.05, 3.63) is 71.7 Å². The third kappa shape index (κ3) is 3.19. The first-order valence-corrected chi connectivity index (χ1v) is 6.98. The van der Waals surface area contributed by atoms with E-state index < -0.39 is 0 Å². The number of fused-ring (bicyclic) bond motifs is 1. The maximum Gasteiger partial charge on any atom is 0.198 e. The van der Waals surface area contributed by atoms with Crippen molar-refractivity contribution in [1.29, 1.82) is 0 Å². The molecule has 106 valence electrons. The highest BCUT2D eigenvalue weighted by atomic mass is 19.1. The van der Waals surface area contributed by atoms with E-state index in [9.17, 15) is 9.18 Å². The molecule has 0 unspecified atom stereocenters. The summed E-state index contributed by atoms with van der Waals surface area (Å²) in [4.78, 5) is 12.1. The molecule has 0 amide bonds. The zero-order chi connectivity index (χ0) is 14.7. The van der Waals surface area contributed by atoms with E-state index in [1.54, 1.807) is 12.1 Å². The molecule has 0 atom stereocenters. The second kappa shape index (κ2) is 5.92. The topological polar surface area (TPSA) is 30.2 Å². The number of aryl methyl sites for hydroxylation is 1. The number of carbonyl (C=O) groups excluding carboxylic acids is 1. The molecule has 0 aliphatic rings. The molecule has 2 aromatic carbocycles. The van der Waals surface area contributed by atoms with Crippen LogP contribution in [0.25, 0.3) is 11.0 Å². The van der Waals surface area contributed by atoms with Crippen molar-refractivity contribution >= 4 is 16.8 Å². The lowest BCUT2D eigenvalue weighted by Gasteiger charge is -1.99. The summed E-state index contributed by atoms with van der Waals surface area (Å²) in [5.41, 5.74) is 1.76. The zero-order valence-electron chi connectivity index (χ0n) is 11.5. The zero-order valence-corrected chi connectivity index (χ0v) is 11.5. The maximum absolute atomic E-state index is 13.1. The molecule has 0 saturated carbocycles. The Balaban J connectivity index is 1.64. The molecule has 0 bridgehead atoms. The van der Waals surface area contributed by atoms with Crippen LogP contribution in [0.15, 0.2) is 59.0 Å². The fourth-order valence-corrected chi connectivity index (χ4v) is 2.37. The number of halogens is 1. The highest BCUT2D eigenvalue weighted by Crippen LogP contribution is 2.21. The summed E-state index contributed by atoms with van der Waals surface area (Å²) in [7, 11) is 0. The average molecular weight is 282 g/mol. The van der Waals surface area contributed by atoms with Gasteiger partial charge in [0.15, 0.2) is 11.5 Å². The molecule has 0 aliphatic carbocycles. The third-order valence-electron chi connectivity index (χ3n) is 3.47. The van der Waals surface area contributed by atoms with Crippen molar-refractivity contribution in [2.45, 2.75) is 19.3 Å². The molecule has 0 aliphatic heterocycles. The predicted molar refractivity (Wildman–Crippen MR) is 79.9 cm³/mol. The second-order valence-corrected chi connectivity index (χ2v) is 5.06. The summed E-state index contributed by atoms with van der Waals surface area (Å²) in [6.45, 7) is 0. The summed E-state index contributed by atoms with van der Waals surface area (Å²) in [6.07, 6.45) is 2.06. The number of hydrogen-bond acceptors (Lipinski definition) is 2. The van der Waals surface area contributed by atoms with E-state index in [1.807, 2.05) is 18.2 Å². The molecule has 3 rings (SSSR count). The van der Waals surface area contributed by atoms with E-state index in [1.165, 1.54) is 17.7 Å². The summed E-state index contributed by atoms with van der Waals surface area (Å²) in [5.74, 6) is -0.0578. The van der Waals surface area contributed by atoms with Crippen LogP contribution in [0.2, 0.25) is 0 Å². The van der Waals surface area contributed by atoms with E-state index in [4.69, 9.17) is 4.42 Å². The van der Waals surface area contributed by atoms with Crippen molar-refractivity contribution in [1.82, 2.24) is 0 Å². The Morgan fingerprint density at radius 2 is 1.86 bits per heavy atom. The van der Waals surface area contributed by atoms with Gasteiger partial charge in [0.1, 0.15) is 11.4 Å². The van der Waals surface area contributed by atoms with E-state index in [0.29, 0.717) is 23.2 Å². The molecule has 1 heterocycles. The van der Waals surface area contributed by atoms with Crippen molar-refractivity contribution in [3.8, 4) is 0 Å². The molecule has 21 heavy (non-hydrogen) atoms. The third-order valence-corrected chi connectivity index (χ3v) is 3.47. The smallest absolute Gasteiger partial charge is 0.198 e. The molecule has 2 nitrogen and oxygen atoms in total. The summed E-state index contributed by atoms with van der Waals surface area (Å²) >= 11 is 0. The number of ketones is 1. The molecule has 1 aromatic heterocycles. The van der Waals surface area contributed by atoms with Crippen LogP contribution in [-0.4, -0.2) is 5.78 Å². The normalized spacial score (nSPS) is 10.9. The Labute approximate surface area is 122 Å². The first-order chi connectivity index (χ1) is 10.2. The first kappa shape index (κ1) is 13.6. The molecule has 0 fully saturated rings. The lowest BCUT2D eigenvalue weighted by molar-refractivity contribution is 0.0955. The van der Waals surface area contributed by atoms with E-state index in [2.05, 4.69) is 12.1 Å². The van der Waals surface area contributed by atoms with Crippen molar-refractivity contribution < 1.29 is 13.6 Å². The standard InChI is InChI=1S/C18H15FO2/c19-15-9-10-17-14(11-15)12-18(21-17)16(20)8-4-7-13-5-2-1-3-6-13/h1-3,5-6,9-12H,4,7-8H2. The number of rotatable bonds is 5. The number of benzene rings is 2. The average Bonchev–Trinajstić information content (AvgIpc) is 2.91. The Hall–Kier alpha value is -2.42. The number of furan rings is 1. The van der Waals surface area contributed by atoms with E-state index >= 15 is 0 Å². The van der Waals surface area contributed by atoms with Crippen LogP contribution in [0.5, 0.6) is 0 Å². The minimum absolute atomic E-state index is 0.0393. The van der Waals surface area contributed by atoms with Gasteiger partial charge in [-0.3, -0.25) is 4.79 Å². The van der Waals surface area contributed by atoms with Crippen LogP contribution >= 0.6 is 0 Å². The minimum Gasteiger partial charge on any atom is -0.453 e. The van der Waals surface area contributed by atoms with Crippen molar-refractivity contribution in [3.63, 3.8) is 0 Å². The highest BCUT2D eigenvalue weighted by Gasteiger charge is 2.12. The largest absolute Gasteiger partial charge is 0.453 e. The summed E-state index contributed by atoms with van der Waals surface area (Å²) in [5, 5.41) is 0.626. The van der Waals surface area contributed by atoms with Gasteiger partial charge in [0.25, 0.3) is 0 Å². The Kier molecular flexibility index (Phi) is 3.82. The number of hydrogen-bond donors (Lipinski definition) is 0. The van der Waals surface area contributed by atoms with Gasteiger partial charge in [0.2, 0.25) is 0 Å². The van der Waals surface area contributed by atoms with Crippen molar-refractivity contribution in [2.75, 3.05) is 0 Å². The van der Waals surface area contributed by atoms with E-state index in [-0.39, 0.29) is 11.6 Å². The van der Waals surface area contributed by atoms with Gasteiger partial charge in [-0.2, -0.15) is 0 Å². The fraction of sp³-hybridized carbons (Fsp3) is 0.167. The van der Waals surface area contributed by atoms with Crippen LogP contribution < -0.4 is 0 Å². The molecule has 3 aromatic rings.